The van der Waals surface area contributed by atoms with Gasteiger partial charge >= 0.3 is 5.97 Å². The summed E-state index contributed by atoms with van der Waals surface area (Å²) in [7, 11) is 0. The molecule has 0 aliphatic rings. The van der Waals surface area contributed by atoms with Gasteiger partial charge in [-0.15, -0.1) is 11.3 Å². The lowest BCUT2D eigenvalue weighted by atomic mass is 10.2. The Morgan fingerprint density at radius 2 is 2.22 bits per heavy atom. The van der Waals surface area contributed by atoms with Crippen molar-refractivity contribution in [2.45, 2.75) is 19.4 Å². The number of carboxylic acids is 1. The molecule has 0 saturated heterocycles. The van der Waals surface area contributed by atoms with Gasteiger partial charge in [-0.05, 0) is 25.1 Å². The first-order chi connectivity index (χ1) is 8.49. The van der Waals surface area contributed by atoms with E-state index in [1.807, 2.05) is 19.1 Å². The van der Waals surface area contributed by atoms with E-state index in [0.717, 1.165) is 4.88 Å². The number of rotatable bonds is 6. The molecule has 0 saturated carbocycles. The van der Waals surface area contributed by atoms with Crippen molar-refractivity contribution in [3.05, 3.63) is 28.0 Å². The molecule has 0 fully saturated rings. The van der Waals surface area contributed by atoms with Crippen molar-refractivity contribution in [3.63, 3.8) is 0 Å². The fourth-order valence-electron chi connectivity index (χ4n) is 1.22. The zero-order valence-corrected chi connectivity index (χ0v) is 10.7. The third-order valence-corrected chi connectivity index (χ3v) is 3.13. The second-order valence-electron chi connectivity index (χ2n) is 3.72. The highest BCUT2D eigenvalue weighted by molar-refractivity contribution is 7.12. The summed E-state index contributed by atoms with van der Waals surface area (Å²) in [6.45, 7) is 2.11. The van der Waals surface area contributed by atoms with Gasteiger partial charge in [0.2, 0.25) is 5.91 Å². The summed E-state index contributed by atoms with van der Waals surface area (Å²) in [5.74, 6) is -1.59. The molecular formula is C12H15NO4S. The molecule has 0 aromatic carbocycles. The minimum Gasteiger partial charge on any atom is -0.479 e. The average Bonchev–Trinajstić information content (AvgIpc) is 2.72. The van der Waals surface area contributed by atoms with Crippen LogP contribution in [0.1, 0.15) is 16.2 Å². The molecule has 1 amide bonds. The third-order valence-electron chi connectivity index (χ3n) is 2.16. The maximum absolute atomic E-state index is 11.4. The van der Waals surface area contributed by atoms with Crippen molar-refractivity contribution in [3.8, 4) is 0 Å². The van der Waals surface area contributed by atoms with E-state index in [0.29, 0.717) is 0 Å². The minimum atomic E-state index is -1.44. The molecule has 1 rings (SSSR count). The lowest BCUT2D eigenvalue weighted by Gasteiger charge is -2.05. The van der Waals surface area contributed by atoms with Gasteiger partial charge in [-0.25, -0.2) is 4.79 Å². The Balaban J connectivity index is 2.30. The fourth-order valence-corrected chi connectivity index (χ4v) is 2.00. The highest BCUT2D eigenvalue weighted by atomic mass is 32.1. The highest BCUT2D eigenvalue weighted by Crippen LogP contribution is 2.16. The van der Waals surface area contributed by atoms with Gasteiger partial charge in [0.1, 0.15) is 0 Å². The van der Waals surface area contributed by atoms with E-state index in [1.54, 1.807) is 17.4 Å². The second-order valence-corrected chi connectivity index (χ2v) is 5.03. The molecule has 1 aromatic heterocycles. The molecule has 1 heterocycles. The van der Waals surface area contributed by atoms with E-state index in [4.69, 9.17) is 10.2 Å². The zero-order chi connectivity index (χ0) is 13.5. The molecule has 1 atom stereocenters. The summed E-state index contributed by atoms with van der Waals surface area (Å²) < 4.78 is 0. The Morgan fingerprint density at radius 1 is 1.50 bits per heavy atom. The monoisotopic (exact) mass is 269 g/mol. The largest absolute Gasteiger partial charge is 0.479 e. The number of carboxylic acid groups (broad SMARTS) is 1. The number of aliphatic hydroxyl groups excluding tert-OH is 1. The predicted octanol–water partition coefficient (Wildman–Crippen LogP) is 1.02. The van der Waals surface area contributed by atoms with E-state index >= 15 is 0 Å². The summed E-state index contributed by atoms with van der Waals surface area (Å²) in [5.41, 5.74) is 0. The van der Waals surface area contributed by atoms with Gasteiger partial charge in [-0.2, -0.15) is 0 Å². The van der Waals surface area contributed by atoms with Gasteiger partial charge < -0.3 is 15.5 Å². The number of aliphatic carboxylic acids is 1. The van der Waals surface area contributed by atoms with Gasteiger partial charge in [-0.3, -0.25) is 4.79 Å². The second kappa shape index (κ2) is 6.93. The lowest BCUT2D eigenvalue weighted by Crippen LogP contribution is -2.28. The number of aryl methyl sites for hydroxylation is 1. The normalized spacial score (nSPS) is 12.6. The van der Waals surface area contributed by atoms with Crippen LogP contribution in [0.2, 0.25) is 0 Å². The Hall–Kier alpha value is -1.66. The predicted molar refractivity (Wildman–Crippen MR) is 69.4 cm³/mol. The minimum absolute atomic E-state index is 0.00692. The maximum Gasteiger partial charge on any atom is 0.332 e. The van der Waals surface area contributed by atoms with E-state index in [-0.39, 0.29) is 18.9 Å². The number of hydrogen-bond acceptors (Lipinski definition) is 4. The number of nitrogens with one attached hydrogen (secondary N) is 1. The molecule has 1 aromatic rings. The van der Waals surface area contributed by atoms with Gasteiger partial charge in [0.15, 0.2) is 6.10 Å². The van der Waals surface area contributed by atoms with E-state index in [2.05, 4.69) is 5.32 Å². The summed E-state index contributed by atoms with van der Waals surface area (Å²) in [6.07, 6.45) is 1.64. The molecule has 0 spiro atoms. The highest BCUT2D eigenvalue weighted by Gasteiger charge is 2.12. The molecule has 5 nitrogen and oxygen atoms in total. The molecule has 0 aliphatic heterocycles. The number of thiophene rings is 1. The molecule has 0 radical (unpaired) electrons. The number of aliphatic hydroxyl groups is 1. The van der Waals surface area contributed by atoms with Crippen LogP contribution in [0.15, 0.2) is 18.2 Å². The number of amides is 1. The van der Waals surface area contributed by atoms with Crippen LogP contribution in [0.25, 0.3) is 6.08 Å². The van der Waals surface area contributed by atoms with Crippen molar-refractivity contribution in [2.75, 3.05) is 6.54 Å². The fraction of sp³-hybridized carbons (Fsp3) is 0.333. The summed E-state index contributed by atoms with van der Waals surface area (Å²) in [4.78, 5) is 23.8. The van der Waals surface area contributed by atoms with Crippen LogP contribution in [-0.4, -0.2) is 34.7 Å². The lowest BCUT2D eigenvalue weighted by molar-refractivity contribution is -0.147. The topological polar surface area (TPSA) is 86.6 Å². The molecule has 6 heteroatoms. The smallest absolute Gasteiger partial charge is 0.332 e. The molecule has 18 heavy (non-hydrogen) atoms. The number of hydrogen-bond donors (Lipinski definition) is 3. The molecule has 98 valence electrons. The summed E-state index contributed by atoms with van der Waals surface area (Å²) in [6, 6.07) is 3.88. The molecule has 1 unspecified atom stereocenters. The van der Waals surface area contributed by atoms with Crippen LogP contribution in [0.4, 0.5) is 0 Å². The Morgan fingerprint density at radius 3 is 2.78 bits per heavy atom. The molecule has 0 bridgehead atoms. The van der Waals surface area contributed by atoms with Crippen LogP contribution >= 0.6 is 11.3 Å². The Labute approximate surface area is 109 Å². The van der Waals surface area contributed by atoms with E-state index in [1.165, 1.54) is 11.0 Å². The Kier molecular flexibility index (Phi) is 5.54. The summed E-state index contributed by atoms with van der Waals surface area (Å²) >= 11 is 1.58. The SMILES string of the molecule is Cc1ccc(/C=C/C(=O)NCCC(O)C(=O)O)s1. The van der Waals surface area contributed by atoms with Crippen molar-refractivity contribution in [1.82, 2.24) is 5.32 Å². The van der Waals surface area contributed by atoms with Crippen LogP contribution < -0.4 is 5.32 Å². The summed E-state index contributed by atoms with van der Waals surface area (Å²) in [5, 5.41) is 19.9. The van der Waals surface area contributed by atoms with Gasteiger partial charge in [0.05, 0.1) is 0 Å². The first-order valence-electron chi connectivity index (χ1n) is 5.42. The number of carbonyl (C=O) groups is 2. The van der Waals surface area contributed by atoms with Crippen LogP contribution in [0, 0.1) is 6.92 Å². The van der Waals surface area contributed by atoms with Gasteiger partial charge in [0, 0.05) is 28.8 Å². The first-order valence-corrected chi connectivity index (χ1v) is 6.24. The molecule has 3 N–H and O–H groups in total. The standard InChI is InChI=1S/C12H15NO4S/c1-8-2-3-9(18-8)4-5-11(15)13-7-6-10(14)12(16)17/h2-5,10,14H,6-7H2,1H3,(H,13,15)(H,16,17)/b5-4+. The van der Waals surface area contributed by atoms with Crippen molar-refractivity contribution >= 4 is 29.3 Å². The van der Waals surface area contributed by atoms with Crippen molar-refractivity contribution in [1.29, 1.82) is 0 Å². The zero-order valence-electron chi connectivity index (χ0n) is 9.92. The van der Waals surface area contributed by atoms with Crippen LogP contribution in [-0.2, 0) is 9.59 Å². The number of carbonyl (C=O) groups excluding carboxylic acids is 1. The van der Waals surface area contributed by atoms with Crippen molar-refractivity contribution in [2.24, 2.45) is 0 Å². The van der Waals surface area contributed by atoms with Crippen LogP contribution in [0.5, 0.6) is 0 Å². The van der Waals surface area contributed by atoms with Crippen molar-refractivity contribution < 1.29 is 19.8 Å². The first kappa shape index (κ1) is 14.4. The van der Waals surface area contributed by atoms with E-state index < -0.39 is 12.1 Å². The maximum atomic E-state index is 11.4. The molecule has 0 aliphatic carbocycles. The average molecular weight is 269 g/mol. The van der Waals surface area contributed by atoms with Crippen LogP contribution in [0.3, 0.4) is 0 Å². The quantitative estimate of drug-likeness (QED) is 0.673. The Bertz CT molecular complexity index is 453. The van der Waals surface area contributed by atoms with Gasteiger partial charge in [-0.1, -0.05) is 0 Å². The van der Waals surface area contributed by atoms with E-state index in [9.17, 15) is 9.59 Å². The molecular weight excluding hydrogens is 254 g/mol. The van der Waals surface area contributed by atoms with Gasteiger partial charge in [0.25, 0.3) is 0 Å². The third kappa shape index (κ3) is 5.11.